The zero-order valence-electron chi connectivity index (χ0n) is 23.9. The van der Waals surface area contributed by atoms with E-state index in [1.807, 2.05) is 50.2 Å². The van der Waals surface area contributed by atoms with E-state index in [0.29, 0.717) is 18.8 Å². The molecule has 0 radical (unpaired) electrons. The standard InChI is InChI=1S/C33H36F2N2O5/c1-3-40-31(41-4-2)19-37(22-14-15-22)32(38)30(18-21-13-16-28(34)29(35)17-21)36-33(39)42-20-27-25-11-7-5-9-23(25)24-10-6-8-12-26(24)27/h5-13,16-17,22,27,30-31H,3-4,14-15,18-20H2,1-2H3,(H,36,39). The summed E-state index contributed by atoms with van der Waals surface area (Å²) in [5.74, 6) is -2.52. The number of alkyl carbamates (subject to hydrolysis) is 1. The fourth-order valence-electron chi connectivity index (χ4n) is 5.58. The van der Waals surface area contributed by atoms with Crippen molar-refractivity contribution in [3.63, 3.8) is 0 Å². The number of hydrogen-bond donors (Lipinski definition) is 1. The Bertz CT molecular complexity index is 1360. The van der Waals surface area contributed by atoms with Crippen LogP contribution in [0.15, 0.2) is 66.7 Å². The first-order valence-corrected chi connectivity index (χ1v) is 14.5. The van der Waals surface area contributed by atoms with Gasteiger partial charge in [-0.15, -0.1) is 0 Å². The predicted molar refractivity (Wildman–Crippen MR) is 154 cm³/mol. The fraction of sp³-hybridized carbons (Fsp3) is 0.394. The van der Waals surface area contributed by atoms with E-state index >= 15 is 0 Å². The number of carbonyl (C=O) groups is 2. The summed E-state index contributed by atoms with van der Waals surface area (Å²) in [5, 5.41) is 2.72. The summed E-state index contributed by atoms with van der Waals surface area (Å²) in [5.41, 5.74) is 4.71. The van der Waals surface area contributed by atoms with Crippen molar-refractivity contribution in [3.05, 3.63) is 95.1 Å². The molecular formula is C33H36F2N2O5. The molecule has 1 unspecified atom stereocenters. The van der Waals surface area contributed by atoms with Crippen LogP contribution in [0.5, 0.6) is 0 Å². The van der Waals surface area contributed by atoms with Crippen LogP contribution in [0.1, 0.15) is 49.3 Å². The van der Waals surface area contributed by atoms with Crippen molar-refractivity contribution in [2.45, 2.75) is 57.4 Å². The Morgan fingerprint density at radius 3 is 2.10 bits per heavy atom. The Hall–Kier alpha value is -3.82. The van der Waals surface area contributed by atoms with Gasteiger partial charge in [0, 0.05) is 31.6 Å². The number of halogens is 2. The summed E-state index contributed by atoms with van der Waals surface area (Å²) in [7, 11) is 0. The first-order chi connectivity index (χ1) is 20.4. The molecule has 0 saturated heterocycles. The number of benzene rings is 3. The first kappa shape index (κ1) is 29.7. The maximum absolute atomic E-state index is 14.1. The van der Waals surface area contributed by atoms with Gasteiger partial charge in [-0.05, 0) is 66.6 Å². The van der Waals surface area contributed by atoms with Gasteiger partial charge in [-0.2, -0.15) is 0 Å². The Labute approximate surface area is 244 Å². The fourth-order valence-corrected chi connectivity index (χ4v) is 5.58. The summed E-state index contributed by atoms with van der Waals surface area (Å²) in [6, 6.07) is 18.4. The molecule has 2 aliphatic carbocycles. The lowest BCUT2D eigenvalue weighted by molar-refractivity contribution is -0.160. The molecule has 0 aromatic heterocycles. The molecule has 0 aliphatic heterocycles. The van der Waals surface area contributed by atoms with Gasteiger partial charge in [-0.3, -0.25) is 4.79 Å². The molecule has 1 fully saturated rings. The van der Waals surface area contributed by atoms with Crippen LogP contribution in [0.4, 0.5) is 13.6 Å². The van der Waals surface area contributed by atoms with E-state index < -0.39 is 30.1 Å². The summed E-state index contributed by atoms with van der Waals surface area (Å²) in [6.07, 6.45) is 0.207. The molecule has 3 aromatic rings. The molecule has 42 heavy (non-hydrogen) atoms. The summed E-state index contributed by atoms with van der Waals surface area (Å²) < 4.78 is 44.8. The van der Waals surface area contributed by atoms with Crippen molar-refractivity contribution in [2.24, 2.45) is 0 Å². The van der Waals surface area contributed by atoms with Crippen LogP contribution in [-0.2, 0) is 25.4 Å². The highest BCUT2D eigenvalue weighted by Gasteiger charge is 2.38. The SMILES string of the molecule is CCOC(CN(C(=O)C(Cc1ccc(F)c(F)c1)NC(=O)OCC1c2ccccc2-c2ccccc21)C1CC1)OCC. The number of hydrogen-bond acceptors (Lipinski definition) is 5. The lowest BCUT2D eigenvalue weighted by Gasteiger charge is -2.31. The van der Waals surface area contributed by atoms with Crippen LogP contribution in [0.25, 0.3) is 11.1 Å². The van der Waals surface area contributed by atoms with Crippen LogP contribution in [0, 0.1) is 11.6 Å². The Morgan fingerprint density at radius 2 is 1.52 bits per heavy atom. The molecule has 1 atom stereocenters. The molecule has 2 amide bonds. The van der Waals surface area contributed by atoms with Gasteiger partial charge >= 0.3 is 6.09 Å². The number of carbonyl (C=O) groups excluding carboxylic acids is 2. The smallest absolute Gasteiger partial charge is 0.407 e. The number of amides is 2. The van der Waals surface area contributed by atoms with Gasteiger partial charge in [0.15, 0.2) is 17.9 Å². The number of ether oxygens (including phenoxy) is 3. The molecule has 0 spiro atoms. The summed E-state index contributed by atoms with van der Waals surface area (Å²) in [4.78, 5) is 28.8. The Morgan fingerprint density at radius 1 is 0.905 bits per heavy atom. The van der Waals surface area contributed by atoms with Crippen LogP contribution < -0.4 is 5.32 Å². The van der Waals surface area contributed by atoms with Gasteiger partial charge in [0.1, 0.15) is 12.6 Å². The monoisotopic (exact) mass is 578 g/mol. The van der Waals surface area contributed by atoms with Crippen LogP contribution in [0.2, 0.25) is 0 Å². The molecule has 5 rings (SSSR count). The molecule has 7 nitrogen and oxygen atoms in total. The second kappa shape index (κ2) is 13.4. The average Bonchev–Trinajstić information content (AvgIpc) is 3.78. The molecule has 0 bridgehead atoms. The third-order valence-electron chi connectivity index (χ3n) is 7.68. The molecule has 2 aliphatic rings. The predicted octanol–water partition coefficient (Wildman–Crippen LogP) is 5.80. The first-order valence-electron chi connectivity index (χ1n) is 14.5. The van der Waals surface area contributed by atoms with Gasteiger partial charge < -0.3 is 24.4 Å². The van der Waals surface area contributed by atoms with Gasteiger partial charge in [-0.1, -0.05) is 54.6 Å². The van der Waals surface area contributed by atoms with Crippen LogP contribution in [-0.4, -0.2) is 61.6 Å². The van der Waals surface area contributed by atoms with E-state index in [9.17, 15) is 18.4 Å². The molecular weight excluding hydrogens is 542 g/mol. The van der Waals surface area contributed by atoms with Crippen molar-refractivity contribution < 1.29 is 32.6 Å². The van der Waals surface area contributed by atoms with Crippen molar-refractivity contribution >= 4 is 12.0 Å². The van der Waals surface area contributed by atoms with E-state index in [0.717, 1.165) is 47.2 Å². The zero-order chi connectivity index (χ0) is 29.6. The number of fused-ring (bicyclic) bond motifs is 3. The molecule has 1 N–H and O–H groups in total. The molecule has 9 heteroatoms. The lowest BCUT2D eigenvalue weighted by Crippen LogP contribution is -2.52. The van der Waals surface area contributed by atoms with Gasteiger partial charge in [0.25, 0.3) is 0 Å². The van der Waals surface area contributed by atoms with Crippen molar-refractivity contribution in [2.75, 3.05) is 26.4 Å². The zero-order valence-corrected chi connectivity index (χ0v) is 23.9. The summed E-state index contributed by atoms with van der Waals surface area (Å²) >= 11 is 0. The Kier molecular flexibility index (Phi) is 9.49. The van der Waals surface area contributed by atoms with Gasteiger partial charge in [0.05, 0.1) is 6.54 Å². The highest BCUT2D eigenvalue weighted by molar-refractivity contribution is 5.86. The lowest BCUT2D eigenvalue weighted by atomic mass is 9.98. The molecule has 1 saturated carbocycles. The molecule has 3 aromatic carbocycles. The highest BCUT2D eigenvalue weighted by atomic mass is 19.2. The van der Waals surface area contributed by atoms with Gasteiger partial charge in [-0.25, -0.2) is 13.6 Å². The largest absolute Gasteiger partial charge is 0.449 e. The van der Waals surface area contributed by atoms with E-state index in [1.165, 1.54) is 6.07 Å². The number of nitrogens with zero attached hydrogens (tertiary/aromatic N) is 1. The highest BCUT2D eigenvalue weighted by Crippen LogP contribution is 2.44. The normalized spacial score (nSPS) is 14.8. The van der Waals surface area contributed by atoms with E-state index in [1.54, 1.807) is 4.90 Å². The maximum Gasteiger partial charge on any atom is 0.407 e. The third-order valence-corrected chi connectivity index (χ3v) is 7.68. The quantitative estimate of drug-likeness (QED) is 0.259. The van der Waals surface area contributed by atoms with E-state index in [4.69, 9.17) is 14.2 Å². The third kappa shape index (κ3) is 6.79. The maximum atomic E-state index is 14.1. The van der Waals surface area contributed by atoms with Crippen LogP contribution in [0.3, 0.4) is 0 Å². The molecule has 222 valence electrons. The minimum absolute atomic E-state index is 0.0160. The minimum Gasteiger partial charge on any atom is -0.449 e. The van der Waals surface area contributed by atoms with Crippen molar-refractivity contribution in [1.29, 1.82) is 0 Å². The minimum atomic E-state index is -1.07. The van der Waals surface area contributed by atoms with E-state index in [-0.39, 0.29) is 37.4 Å². The topological polar surface area (TPSA) is 77.1 Å². The van der Waals surface area contributed by atoms with E-state index in [2.05, 4.69) is 17.4 Å². The second-order valence-electron chi connectivity index (χ2n) is 10.5. The van der Waals surface area contributed by atoms with Crippen molar-refractivity contribution in [3.8, 4) is 11.1 Å². The number of nitrogens with one attached hydrogen (secondary N) is 1. The molecule has 0 heterocycles. The average molecular weight is 579 g/mol. The Balaban J connectivity index is 1.33. The second-order valence-corrected chi connectivity index (χ2v) is 10.5. The van der Waals surface area contributed by atoms with Gasteiger partial charge in [0.2, 0.25) is 5.91 Å². The van der Waals surface area contributed by atoms with Crippen molar-refractivity contribution in [1.82, 2.24) is 10.2 Å². The summed E-state index contributed by atoms with van der Waals surface area (Å²) in [6.45, 7) is 4.78. The number of rotatable bonds is 13. The van der Waals surface area contributed by atoms with Crippen LogP contribution >= 0.6 is 0 Å².